The summed E-state index contributed by atoms with van der Waals surface area (Å²) in [6, 6.07) is 15.6. The molecule has 2 aromatic carbocycles. The molecule has 1 atom stereocenters. The number of allylic oxidation sites excluding steroid dienone is 1. The Morgan fingerprint density at radius 1 is 1.17 bits per heavy atom. The van der Waals surface area contributed by atoms with Crippen molar-refractivity contribution in [3.05, 3.63) is 77.4 Å². The molecule has 1 N–H and O–H groups in total. The quantitative estimate of drug-likeness (QED) is 0.704. The van der Waals surface area contributed by atoms with Crippen LogP contribution in [0.1, 0.15) is 27.9 Å². The van der Waals surface area contributed by atoms with Crippen molar-refractivity contribution in [3.8, 4) is 5.75 Å². The second-order valence-electron chi connectivity index (χ2n) is 7.58. The first-order valence-corrected chi connectivity index (χ1v) is 10.1. The first kappa shape index (κ1) is 19.6. The molecule has 0 radical (unpaired) electrons. The second kappa shape index (κ2) is 9.16. The molecule has 0 saturated carbocycles. The smallest absolute Gasteiger partial charge is 0.168 e. The van der Waals surface area contributed by atoms with E-state index < -0.39 is 6.10 Å². The van der Waals surface area contributed by atoms with Crippen LogP contribution in [0.25, 0.3) is 0 Å². The summed E-state index contributed by atoms with van der Waals surface area (Å²) in [6.07, 6.45) is 4.57. The highest BCUT2D eigenvalue weighted by Gasteiger charge is 2.19. The van der Waals surface area contributed by atoms with Gasteiger partial charge in [-0.15, -0.1) is 0 Å². The molecule has 0 saturated heterocycles. The van der Waals surface area contributed by atoms with Gasteiger partial charge in [0.15, 0.2) is 5.78 Å². The fraction of sp³-hybridized carbons (Fsp3) is 0.333. The standard InChI is InChI=1S/C24H26N2O3/c27-22(16-26-12-10-18-5-1-2-6-20(18)15-26)17-29-23-9-3-7-19(13-23)24(28)14-21-8-4-11-25-21/h1-9,13,22,27H,10-12,14-17H2. The number of rotatable bonds is 8. The van der Waals surface area contributed by atoms with E-state index >= 15 is 0 Å². The number of Topliss-reactive ketones (excluding diaryl/α,β-unsaturated/α-hetero) is 1. The van der Waals surface area contributed by atoms with E-state index in [9.17, 15) is 9.90 Å². The van der Waals surface area contributed by atoms with Gasteiger partial charge in [0.2, 0.25) is 0 Å². The molecule has 0 bridgehead atoms. The Labute approximate surface area is 171 Å². The van der Waals surface area contributed by atoms with Gasteiger partial charge in [0.25, 0.3) is 0 Å². The Hall–Kier alpha value is -2.76. The number of nitrogens with zero attached hydrogens (tertiary/aromatic N) is 2. The van der Waals surface area contributed by atoms with Gasteiger partial charge in [-0.25, -0.2) is 0 Å². The Bertz CT molecular complexity index is 935. The van der Waals surface area contributed by atoms with Crippen LogP contribution in [-0.2, 0) is 13.0 Å². The van der Waals surface area contributed by atoms with E-state index in [0.29, 0.717) is 30.8 Å². The van der Waals surface area contributed by atoms with Gasteiger partial charge in [-0.05, 0) is 35.8 Å². The number of aliphatic imine (C=N–C) groups is 1. The summed E-state index contributed by atoms with van der Waals surface area (Å²) in [5.74, 6) is 0.621. The van der Waals surface area contributed by atoms with Crippen LogP contribution in [0.5, 0.6) is 5.75 Å². The third kappa shape index (κ3) is 5.19. The van der Waals surface area contributed by atoms with Crippen molar-refractivity contribution in [3.63, 3.8) is 0 Å². The van der Waals surface area contributed by atoms with Crippen LogP contribution < -0.4 is 4.74 Å². The van der Waals surface area contributed by atoms with Crippen LogP contribution >= 0.6 is 0 Å². The van der Waals surface area contributed by atoms with Crippen LogP contribution in [0.2, 0.25) is 0 Å². The third-order valence-corrected chi connectivity index (χ3v) is 5.33. The van der Waals surface area contributed by atoms with Crippen LogP contribution in [0.4, 0.5) is 0 Å². The molecule has 0 amide bonds. The molecule has 0 fully saturated rings. The largest absolute Gasteiger partial charge is 0.491 e. The van der Waals surface area contributed by atoms with Gasteiger partial charge in [-0.3, -0.25) is 14.7 Å². The van der Waals surface area contributed by atoms with Crippen molar-refractivity contribution in [2.45, 2.75) is 25.5 Å². The summed E-state index contributed by atoms with van der Waals surface area (Å²) in [4.78, 5) is 19.0. The fourth-order valence-corrected chi connectivity index (χ4v) is 3.81. The maximum Gasteiger partial charge on any atom is 0.168 e. The van der Waals surface area contributed by atoms with Gasteiger partial charge in [0.1, 0.15) is 18.5 Å². The number of ketones is 1. The van der Waals surface area contributed by atoms with Crippen LogP contribution in [0.15, 0.2) is 65.7 Å². The average molecular weight is 390 g/mol. The third-order valence-electron chi connectivity index (χ3n) is 5.33. The molecular weight excluding hydrogens is 364 g/mol. The van der Waals surface area contributed by atoms with Crippen molar-refractivity contribution >= 4 is 11.5 Å². The van der Waals surface area contributed by atoms with Crippen molar-refractivity contribution < 1.29 is 14.6 Å². The van der Waals surface area contributed by atoms with Gasteiger partial charge >= 0.3 is 0 Å². The zero-order valence-electron chi connectivity index (χ0n) is 16.5. The summed E-state index contributed by atoms with van der Waals surface area (Å²) in [6.45, 7) is 3.22. The van der Waals surface area contributed by atoms with Crippen molar-refractivity contribution in [1.82, 2.24) is 4.90 Å². The molecule has 1 unspecified atom stereocenters. The van der Waals surface area contributed by atoms with E-state index in [-0.39, 0.29) is 12.4 Å². The molecule has 2 aliphatic heterocycles. The zero-order valence-corrected chi connectivity index (χ0v) is 16.5. The summed E-state index contributed by atoms with van der Waals surface area (Å²) in [7, 11) is 0. The number of β-amino-alcohol motifs (C(OH)–C–C–N with tert-alkyl or cyclic N) is 1. The summed E-state index contributed by atoms with van der Waals surface area (Å²) in [5, 5.41) is 10.4. The van der Waals surface area contributed by atoms with Crippen LogP contribution in [0, 0.1) is 0 Å². The SMILES string of the molecule is O=C(CC1=NCC=C1)c1cccc(OCC(O)CN2CCc3ccccc3C2)c1. The van der Waals surface area contributed by atoms with E-state index in [1.54, 1.807) is 12.1 Å². The molecule has 5 nitrogen and oxygen atoms in total. The number of hydrogen-bond donors (Lipinski definition) is 1. The Morgan fingerprint density at radius 2 is 2.03 bits per heavy atom. The summed E-state index contributed by atoms with van der Waals surface area (Å²) in [5.41, 5.74) is 4.15. The molecular formula is C24H26N2O3. The molecule has 4 rings (SSSR count). The highest BCUT2D eigenvalue weighted by Crippen LogP contribution is 2.19. The maximum atomic E-state index is 12.4. The lowest BCUT2D eigenvalue weighted by Gasteiger charge is -2.30. The van der Waals surface area contributed by atoms with Gasteiger partial charge in [-0.2, -0.15) is 0 Å². The number of aliphatic hydroxyl groups excluding tert-OH is 1. The number of fused-ring (bicyclic) bond motifs is 1. The van der Waals surface area contributed by atoms with Crippen molar-refractivity contribution in [2.24, 2.45) is 4.99 Å². The predicted molar refractivity (Wildman–Crippen MR) is 114 cm³/mol. The van der Waals surface area contributed by atoms with Crippen LogP contribution in [0.3, 0.4) is 0 Å². The van der Waals surface area contributed by atoms with E-state index in [1.165, 1.54) is 11.1 Å². The number of carbonyl (C=O) groups is 1. The van der Waals surface area contributed by atoms with Crippen LogP contribution in [-0.4, -0.2) is 53.8 Å². The maximum absolute atomic E-state index is 12.4. The van der Waals surface area contributed by atoms with Gasteiger partial charge < -0.3 is 9.84 Å². The molecule has 150 valence electrons. The lowest BCUT2D eigenvalue weighted by atomic mass is 10.00. The number of aliphatic hydroxyl groups is 1. The highest BCUT2D eigenvalue weighted by atomic mass is 16.5. The fourth-order valence-electron chi connectivity index (χ4n) is 3.81. The predicted octanol–water partition coefficient (Wildman–Crippen LogP) is 3.07. The number of hydrogen-bond acceptors (Lipinski definition) is 5. The first-order chi connectivity index (χ1) is 14.2. The molecule has 0 spiro atoms. The lowest BCUT2D eigenvalue weighted by Crippen LogP contribution is -2.38. The number of ether oxygens (including phenoxy) is 1. The average Bonchev–Trinajstić information content (AvgIpc) is 3.25. The second-order valence-corrected chi connectivity index (χ2v) is 7.58. The molecule has 2 aliphatic rings. The highest BCUT2D eigenvalue weighted by molar-refractivity contribution is 6.14. The Morgan fingerprint density at radius 3 is 2.86 bits per heavy atom. The van der Waals surface area contributed by atoms with Crippen molar-refractivity contribution in [1.29, 1.82) is 0 Å². The van der Waals surface area contributed by atoms with Gasteiger partial charge in [0, 0.05) is 30.9 Å². The van der Waals surface area contributed by atoms with Gasteiger partial charge in [0.05, 0.1) is 13.0 Å². The molecule has 0 aromatic heterocycles. The van der Waals surface area contributed by atoms with Crippen molar-refractivity contribution in [2.75, 3.05) is 26.2 Å². The lowest BCUT2D eigenvalue weighted by molar-refractivity contribution is 0.0637. The zero-order chi connectivity index (χ0) is 20.1. The van der Waals surface area contributed by atoms with Gasteiger partial charge in [-0.1, -0.05) is 42.5 Å². The van der Waals surface area contributed by atoms with E-state index in [0.717, 1.165) is 25.2 Å². The minimum atomic E-state index is -0.586. The number of carbonyl (C=O) groups excluding carboxylic acids is 1. The van der Waals surface area contributed by atoms with E-state index in [1.807, 2.05) is 24.3 Å². The monoisotopic (exact) mass is 390 g/mol. The Balaban J connectivity index is 1.28. The normalized spacial score (nSPS) is 16.9. The first-order valence-electron chi connectivity index (χ1n) is 10.1. The summed E-state index contributed by atoms with van der Waals surface area (Å²) < 4.78 is 5.77. The molecule has 29 heavy (non-hydrogen) atoms. The Kier molecular flexibility index (Phi) is 6.17. The topological polar surface area (TPSA) is 62.1 Å². The minimum Gasteiger partial charge on any atom is -0.491 e. The molecule has 2 heterocycles. The number of benzene rings is 2. The summed E-state index contributed by atoms with van der Waals surface area (Å²) >= 11 is 0. The van der Waals surface area contributed by atoms with E-state index in [4.69, 9.17) is 4.74 Å². The van der Waals surface area contributed by atoms with E-state index in [2.05, 4.69) is 34.2 Å². The minimum absolute atomic E-state index is 0.0216. The molecule has 0 aliphatic carbocycles. The molecule has 2 aromatic rings. The molecule has 5 heteroatoms.